The molecule has 0 amide bonds. The number of hydrogen-bond acceptors (Lipinski definition) is 1. The lowest BCUT2D eigenvalue weighted by Gasteiger charge is -2.07. The van der Waals surface area contributed by atoms with E-state index < -0.39 is 11.8 Å². The fraction of sp³-hybridized carbons (Fsp3) is 0.417. The molecule has 0 aromatic heterocycles. The zero-order valence-electron chi connectivity index (χ0n) is 9.46. The largest absolute Gasteiger partial charge is 0.478 e. The first-order chi connectivity index (χ1) is 7.59. The molecule has 2 nitrogen and oxygen atoms in total. The first-order valence-corrected chi connectivity index (χ1v) is 5.42. The molecule has 1 fully saturated rings. The summed E-state index contributed by atoms with van der Waals surface area (Å²) in [6.07, 6.45) is 1.84. The molecular formula is C12H14BFO2. The van der Waals surface area contributed by atoms with E-state index in [1.807, 2.05) is 13.8 Å². The lowest BCUT2D eigenvalue weighted by Crippen LogP contribution is -2.12. The van der Waals surface area contributed by atoms with Gasteiger partial charge in [0, 0.05) is 0 Å². The van der Waals surface area contributed by atoms with Crippen molar-refractivity contribution < 1.29 is 14.3 Å². The van der Waals surface area contributed by atoms with Gasteiger partial charge in [0.2, 0.25) is 0 Å². The lowest BCUT2D eigenvalue weighted by atomic mass is 9.90. The van der Waals surface area contributed by atoms with Crippen molar-refractivity contribution in [1.82, 2.24) is 0 Å². The third-order valence-electron chi connectivity index (χ3n) is 2.37. The highest BCUT2D eigenvalue weighted by Crippen LogP contribution is 2.41. The van der Waals surface area contributed by atoms with Crippen LogP contribution in [0.5, 0.6) is 0 Å². The molecule has 84 valence electrons. The zero-order valence-corrected chi connectivity index (χ0v) is 9.46. The van der Waals surface area contributed by atoms with Gasteiger partial charge in [-0.15, -0.1) is 0 Å². The number of benzene rings is 1. The van der Waals surface area contributed by atoms with Crippen molar-refractivity contribution in [3.8, 4) is 0 Å². The van der Waals surface area contributed by atoms with Crippen molar-refractivity contribution in [3.63, 3.8) is 0 Å². The number of rotatable bonds is 2. The van der Waals surface area contributed by atoms with Crippen LogP contribution in [-0.2, 0) is 0 Å². The molecule has 2 radical (unpaired) electrons. The summed E-state index contributed by atoms with van der Waals surface area (Å²) in [4.78, 5) is 10.8. The summed E-state index contributed by atoms with van der Waals surface area (Å²) in [6.45, 7) is 4.00. The molecule has 0 aliphatic heterocycles. The van der Waals surface area contributed by atoms with E-state index in [1.54, 1.807) is 6.07 Å². The summed E-state index contributed by atoms with van der Waals surface area (Å²) in [5.74, 6) is -1.78. The van der Waals surface area contributed by atoms with Gasteiger partial charge in [-0.05, 0) is 30.4 Å². The summed E-state index contributed by atoms with van der Waals surface area (Å²) < 4.78 is 13.3. The lowest BCUT2D eigenvalue weighted by molar-refractivity contribution is 0.0690. The quantitative estimate of drug-likeness (QED) is 0.776. The van der Waals surface area contributed by atoms with Gasteiger partial charge in [0.05, 0.1) is 5.56 Å². The Labute approximate surface area is 95.9 Å². The molecule has 1 aromatic carbocycles. The van der Waals surface area contributed by atoms with E-state index in [-0.39, 0.29) is 16.9 Å². The van der Waals surface area contributed by atoms with Gasteiger partial charge in [-0.1, -0.05) is 25.4 Å². The molecule has 4 heteroatoms. The molecule has 1 saturated carbocycles. The molecule has 1 aliphatic rings. The Morgan fingerprint density at radius 1 is 1.44 bits per heavy atom. The Balaban J connectivity index is 0.000000606. The highest BCUT2D eigenvalue weighted by Gasteiger charge is 2.30. The maximum Gasteiger partial charge on any atom is 0.338 e. The van der Waals surface area contributed by atoms with Gasteiger partial charge in [0.15, 0.2) is 0 Å². The fourth-order valence-electron chi connectivity index (χ4n) is 1.59. The SMILES string of the molecule is CC.[B]c1cc(F)c(C(=O)O)c(C2CC2)c1. The number of halogens is 1. The molecule has 2 rings (SSSR count). The van der Waals surface area contributed by atoms with Crippen LogP contribution in [0.4, 0.5) is 4.39 Å². The molecule has 0 unspecified atom stereocenters. The average Bonchev–Trinajstić information content (AvgIpc) is 3.01. The Morgan fingerprint density at radius 2 is 2.00 bits per heavy atom. The maximum absolute atomic E-state index is 13.3. The Bertz CT molecular complexity index is 400. The minimum Gasteiger partial charge on any atom is -0.478 e. The van der Waals surface area contributed by atoms with Gasteiger partial charge >= 0.3 is 5.97 Å². The summed E-state index contributed by atoms with van der Waals surface area (Å²) in [7, 11) is 5.46. The Kier molecular flexibility index (Phi) is 4.10. The molecule has 0 atom stereocenters. The molecule has 1 aromatic rings. The van der Waals surface area contributed by atoms with Crippen molar-refractivity contribution in [1.29, 1.82) is 0 Å². The van der Waals surface area contributed by atoms with Crippen molar-refractivity contribution in [3.05, 3.63) is 29.1 Å². The second-order valence-corrected chi connectivity index (χ2v) is 3.55. The number of carbonyl (C=O) groups is 1. The predicted molar refractivity (Wildman–Crippen MR) is 62.1 cm³/mol. The van der Waals surface area contributed by atoms with Crippen LogP contribution in [0.25, 0.3) is 0 Å². The van der Waals surface area contributed by atoms with E-state index in [1.165, 1.54) is 0 Å². The van der Waals surface area contributed by atoms with Crippen molar-refractivity contribution in [2.24, 2.45) is 0 Å². The van der Waals surface area contributed by atoms with Crippen molar-refractivity contribution >= 4 is 19.3 Å². The predicted octanol–water partition coefficient (Wildman–Crippen LogP) is 2.22. The summed E-state index contributed by atoms with van der Waals surface area (Å²) in [6, 6.07) is 2.61. The van der Waals surface area contributed by atoms with Crippen LogP contribution in [0.1, 0.15) is 48.5 Å². The third-order valence-corrected chi connectivity index (χ3v) is 2.37. The first-order valence-electron chi connectivity index (χ1n) is 5.42. The monoisotopic (exact) mass is 220 g/mol. The molecular weight excluding hydrogens is 206 g/mol. The van der Waals surface area contributed by atoms with Crippen molar-refractivity contribution in [2.75, 3.05) is 0 Å². The van der Waals surface area contributed by atoms with Crippen LogP contribution in [-0.4, -0.2) is 18.9 Å². The van der Waals surface area contributed by atoms with E-state index in [0.29, 0.717) is 5.56 Å². The molecule has 16 heavy (non-hydrogen) atoms. The minimum absolute atomic E-state index is 0.180. The average molecular weight is 220 g/mol. The maximum atomic E-state index is 13.3. The molecule has 0 saturated heterocycles. The van der Waals surface area contributed by atoms with Gasteiger partial charge in [-0.3, -0.25) is 0 Å². The first kappa shape index (κ1) is 12.8. The molecule has 1 N–H and O–H groups in total. The summed E-state index contributed by atoms with van der Waals surface area (Å²) in [5, 5.41) is 8.83. The molecule has 0 spiro atoms. The topological polar surface area (TPSA) is 37.3 Å². The molecule has 1 aliphatic carbocycles. The van der Waals surface area contributed by atoms with E-state index >= 15 is 0 Å². The van der Waals surface area contributed by atoms with E-state index in [2.05, 4.69) is 0 Å². The summed E-state index contributed by atoms with van der Waals surface area (Å²) in [5.41, 5.74) is 0.603. The van der Waals surface area contributed by atoms with Gasteiger partial charge < -0.3 is 5.11 Å². The van der Waals surface area contributed by atoms with Crippen LogP contribution in [0, 0.1) is 5.82 Å². The van der Waals surface area contributed by atoms with Crippen LogP contribution < -0.4 is 5.46 Å². The Hall–Kier alpha value is -1.32. The van der Waals surface area contributed by atoms with Crippen LogP contribution in [0.3, 0.4) is 0 Å². The van der Waals surface area contributed by atoms with Gasteiger partial charge in [-0.25, -0.2) is 9.18 Å². The van der Waals surface area contributed by atoms with Crippen LogP contribution in [0.2, 0.25) is 0 Å². The van der Waals surface area contributed by atoms with Gasteiger partial charge in [0.1, 0.15) is 13.7 Å². The highest BCUT2D eigenvalue weighted by molar-refractivity contribution is 6.32. The second-order valence-electron chi connectivity index (χ2n) is 3.55. The summed E-state index contributed by atoms with van der Waals surface area (Å²) >= 11 is 0. The van der Waals surface area contributed by atoms with Crippen LogP contribution in [0.15, 0.2) is 12.1 Å². The van der Waals surface area contributed by atoms with E-state index in [9.17, 15) is 9.18 Å². The number of carboxylic acid groups (broad SMARTS) is 1. The van der Waals surface area contributed by atoms with Gasteiger partial charge in [-0.2, -0.15) is 0 Å². The van der Waals surface area contributed by atoms with Crippen molar-refractivity contribution in [2.45, 2.75) is 32.6 Å². The molecule has 0 heterocycles. The second kappa shape index (κ2) is 5.15. The zero-order chi connectivity index (χ0) is 12.3. The number of aromatic carboxylic acids is 1. The normalized spacial score (nSPS) is 13.9. The minimum atomic E-state index is -1.22. The smallest absolute Gasteiger partial charge is 0.338 e. The molecule has 0 bridgehead atoms. The van der Waals surface area contributed by atoms with E-state index in [4.69, 9.17) is 13.0 Å². The standard InChI is InChI=1S/C10H8BFO2.C2H6/c11-6-3-7(5-1-2-5)9(10(13)14)8(12)4-6;1-2/h3-5H,1-2H2,(H,13,14);1-2H3. The number of carboxylic acids is 1. The highest BCUT2D eigenvalue weighted by atomic mass is 19.1. The van der Waals surface area contributed by atoms with Crippen LogP contribution >= 0.6 is 0 Å². The number of hydrogen-bond donors (Lipinski definition) is 1. The van der Waals surface area contributed by atoms with E-state index in [0.717, 1.165) is 18.9 Å². The fourth-order valence-corrected chi connectivity index (χ4v) is 1.59. The third kappa shape index (κ3) is 2.63. The Morgan fingerprint density at radius 3 is 2.44 bits per heavy atom. The van der Waals surface area contributed by atoms with Gasteiger partial charge in [0.25, 0.3) is 0 Å².